The Hall–Kier alpha value is -1.77. The Balaban J connectivity index is 0.000000160. The number of amides is 1. The van der Waals surface area contributed by atoms with Gasteiger partial charge in [0.05, 0.1) is 20.3 Å². The zero-order chi connectivity index (χ0) is 61.7. The van der Waals surface area contributed by atoms with Gasteiger partial charge in [-0.25, -0.2) is 9.59 Å². The summed E-state index contributed by atoms with van der Waals surface area (Å²) in [5.74, 6) is -0.875. The van der Waals surface area contributed by atoms with Crippen molar-refractivity contribution in [3.63, 3.8) is 0 Å². The van der Waals surface area contributed by atoms with Crippen LogP contribution >= 0.6 is 166 Å². The Labute approximate surface area is 593 Å². The third-order valence-electron chi connectivity index (χ3n) is 14.8. The van der Waals surface area contributed by atoms with E-state index < -0.39 is 18.1 Å². The first-order valence-electron chi connectivity index (χ1n) is 26.8. The molecule has 1 amide bonds. The van der Waals surface area contributed by atoms with E-state index in [1.54, 1.807) is 40.1 Å². The van der Waals surface area contributed by atoms with Crippen LogP contribution in [0.15, 0.2) is 143 Å². The molecule has 2 N–H and O–H groups in total. The quantitative estimate of drug-likeness (QED) is 0.0986. The number of halogens is 9. The van der Waals surface area contributed by atoms with Crippen LogP contribution in [0.1, 0.15) is 88.2 Å². The van der Waals surface area contributed by atoms with E-state index in [-0.39, 0.29) is 23.9 Å². The van der Waals surface area contributed by atoms with Crippen molar-refractivity contribution in [3.8, 4) is 6.07 Å². The van der Waals surface area contributed by atoms with Gasteiger partial charge in [0.25, 0.3) is 0 Å². The average molecular weight is 1870 g/mol. The van der Waals surface area contributed by atoms with Crippen molar-refractivity contribution in [2.75, 3.05) is 40.4 Å². The van der Waals surface area contributed by atoms with Gasteiger partial charge in [0, 0.05) is 135 Å². The van der Waals surface area contributed by atoms with Gasteiger partial charge < -0.3 is 15.2 Å². The summed E-state index contributed by atoms with van der Waals surface area (Å²) in [6.07, 6.45) is 3.91. The van der Waals surface area contributed by atoms with Crippen molar-refractivity contribution < 1.29 is 37.1 Å². The fourth-order valence-electron chi connectivity index (χ4n) is 10.8. The number of carbonyl (C=O) groups excluding carboxylic acids is 3. The minimum atomic E-state index is -0.461. The van der Waals surface area contributed by atoms with Crippen LogP contribution in [-0.2, 0) is 75.7 Å². The van der Waals surface area contributed by atoms with E-state index in [1.165, 1.54) is 56.0 Å². The molecule has 11 nitrogen and oxygen atoms in total. The standard InChI is InChI=1S/2C16H16ClNO2S.C15H15ClN2OS.C15H13ClN2S.I3.I2/c2*1-20-16(19)15(12-4-2-3-5-13(12)17)18-8-6-14-11(10-18)7-9-21-14;16-12-4-2-1-3-11(12)14(15(17)19)18-7-5-13-10(9-18)6-8-20-13;16-13-4-2-1-3-12(13)14(9-17)18-7-5-15-11(10-18)6-8-19-15;1-3-2;1-2/h2*2-5,7,9,15H,6,8,10H2,1H3;1-4,6,8,14H,5,7,9H2,(H2,17,19);1-4,6,8,14H,5,7,10H2;;/q;;;;-1;/t2*15-;;;;/m00..../s1. The van der Waals surface area contributed by atoms with Crippen LogP contribution in [0.3, 0.4) is 0 Å². The van der Waals surface area contributed by atoms with E-state index in [4.69, 9.17) is 61.6 Å². The van der Waals surface area contributed by atoms with Gasteiger partial charge in [0.1, 0.15) is 24.2 Å². The number of carbonyl (C=O) groups is 3. The van der Waals surface area contributed by atoms with Crippen LogP contribution in [0.4, 0.5) is 0 Å². The van der Waals surface area contributed by atoms with Crippen LogP contribution in [-0.4, -0.2) is 77.8 Å². The maximum atomic E-state index is 12.3. The molecule has 0 saturated heterocycles. The number of benzene rings is 4. The second-order valence-electron chi connectivity index (χ2n) is 19.7. The number of rotatable bonds is 11. The molecule has 0 saturated carbocycles. The third kappa shape index (κ3) is 19.2. The number of ether oxygens (including phenoxy) is 2. The van der Waals surface area contributed by atoms with Crippen molar-refractivity contribution in [2.24, 2.45) is 5.73 Å². The average Bonchev–Trinajstić information content (AvgIpc) is 3.32. The number of thiophene rings is 4. The summed E-state index contributed by atoms with van der Waals surface area (Å²) in [4.78, 5) is 50.8. The molecule has 8 aromatic rings. The molecule has 0 fully saturated rings. The Morgan fingerprint density at radius 2 is 0.756 bits per heavy atom. The summed E-state index contributed by atoms with van der Waals surface area (Å²) in [6.45, 7) is 6.49. The van der Waals surface area contributed by atoms with Gasteiger partial charge in [-0.1, -0.05) is 119 Å². The number of nitrogens with two attached hydrogens (primary N) is 1. The molecule has 2 unspecified atom stereocenters. The predicted octanol–water partition coefficient (Wildman–Crippen LogP) is 14.9. The monoisotopic (exact) mass is 1870 g/mol. The van der Waals surface area contributed by atoms with E-state index >= 15 is 0 Å². The zero-order valence-electron chi connectivity index (χ0n) is 46.5. The van der Waals surface area contributed by atoms with Crippen LogP contribution in [0.5, 0.6) is 0 Å². The number of fused-ring (bicyclic) bond motifs is 4. The second-order valence-corrected chi connectivity index (χ2v) is 41.6. The summed E-state index contributed by atoms with van der Waals surface area (Å²) in [5.41, 5.74) is 14.2. The molecule has 0 spiro atoms. The van der Waals surface area contributed by atoms with Crippen LogP contribution < -0.4 is 19.0 Å². The molecule has 4 aliphatic heterocycles. The second kappa shape index (κ2) is 37.1. The van der Waals surface area contributed by atoms with Crippen LogP contribution in [0.2, 0.25) is 20.1 Å². The number of hydrogen-bond acceptors (Lipinski definition) is 14. The molecule has 456 valence electrons. The SMILES string of the molecule is COC(=O)[C@H](c1ccccc1Cl)N1CCc2sccc2C1.COC(=O)[C@H](c1ccccc1Cl)N1CCc2sccc2C1.II.I[I-]I.N#CC(c1ccccc1Cl)N1CCc2sccc2C1.NC(=O)C(c1ccccc1Cl)N1CCc2sccc2C1. The molecule has 0 radical (unpaired) electrons. The van der Waals surface area contributed by atoms with E-state index in [9.17, 15) is 19.6 Å². The summed E-state index contributed by atoms with van der Waals surface area (Å²) >= 11 is 41.7. The molecular formula is C62H60Cl4I5N6O5S4-. The van der Waals surface area contributed by atoms with E-state index in [0.29, 0.717) is 33.3 Å². The third-order valence-corrected chi connectivity index (χ3v) is 20.3. The smallest absolute Gasteiger partial charge is 0.239 e. The van der Waals surface area contributed by atoms with E-state index in [2.05, 4.69) is 146 Å². The largest absolute Gasteiger partial charge is 0.368 e. The molecule has 86 heavy (non-hydrogen) atoms. The van der Waals surface area contributed by atoms with Crippen molar-refractivity contribution in [2.45, 2.75) is 76.0 Å². The minimum Gasteiger partial charge on any atom is -0.368 e. The zero-order valence-corrected chi connectivity index (χ0v) is 63.6. The molecule has 0 bridgehead atoms. The molecule has 4 aromatic carbocycles. The van der Waals surface area contributed by atoms with E-state index in [1.807, 2.05) is 102 Å². The number of hydrogen-bond donors (Lipinski definition) is 1. The summed E-state index contributed by atoms with van der Waals surface area (Å²) in [7, 11) is 2.85. The van der Waals surface area contributed by atoms with Gasteiger partial charge >= 0.3 is 62.4 Å². The van der Waals surface area contributed by atoms with Gasteiger partial charge in [-0.3, -0.25) is 24.4 Å². The van der Waals surface area contributed by atoms with Crippen molar-refractivity contribution in [1.29, 1.82) is 5.26 Å². The predicted molar refractivity (Wildman–Crippen MR) is 385 cm³/mol. The van der Waals surface area contributed by atoms with Gasteiger partial charge in [-0.2, -0.15) is 5.26 Å². The Kier molecular flexibility index (Phi) is 30.9. The Morgan fingerprint density at radius 1 is 0.488 bits per heavy atom. The number of nitrogens with zero attached hydrogens (tertiary/aromatic N) is 5. The first-order chi connectivity index (χ1) is 41.8. The minimum absolute atomic E-state index is 0.262. The number of primary amides is 1. The molecule has 0 aliphatic carbocycles. The maximum absolute atomic E-state index is 12.3. The topological polar surface area (TPSA) is 132 Å². The molecule has 8 heterocycles. The van der Waals surface area contributed by atoms with E-state index in [0.717, 1.165) is 100 Å². The number of methoxy groups -OCH3 is 2. The first-order valence-corrected chi connectivity index (χ1v) is 50.7. The number of esters is 2. The molecule has 24 heteroatoms. The summed E-state index contributed by atoms with van der Waals surface area (Å²) < 4.78 is 10.0. The summed E-state index contributed by atoms with van der Waals surface area (Å²) in [6, 6.07) is 39.3. The molecular weight excluding hydrogens is 1810 g/mol. The Morgan fingerprint density at radius 3 is 1.05 bits per heavy atom. The molecule has 12 rings (SSSR count). The van der Waals surface area contributed by atoms with Crippen molar-refractivity contribution >= 4 is 184 Å². The van der Waals surface area contributed by atoms with Crippen molar-refractivity contribution in [3.05, 3.63) is 227 Å². The Bertz CT molecular complexity index is 3420. The van der Waals surface area contributed by atoms with Crippen LogP contribution in [0, 0.1) is 11.3 Å². The fourth-order valence-corrected chi connectivity index (χ4v) is 15.3. The number of nitriles is 1. The van der Waals surface area contributed by atoms with Gasteiger partial charge in [0.2, 0.25) is 5.91 Å². The summed E-state index contributed by atoms with van der Waals surface area (Å²) in [5, 5.41) is 20.4. The van der Waals surface area contributed by atoms with Gasteiger partial charge in [0.15, 0.2) is 0 Å². The molecule has 4 atom stereocenters. The fraction of sp³-hybridized carbons (Fsp3) is 0.290. The normalized spacial score (nSPS) is 15.8. The van der Waals surface area contributed by atoms with Crippen molar-refractivity contribution in [1.82, 2.24) is 19.6 Å². The van der Waals surface area contributed by atoms with Gasteiger partial charge in [-0.05, 0) is 135 Å². The first kappa shape index (κ1) is 71.7. The van der Waals surface area contributed by atoms with Crippen LogP contribution in [0.25, 0.3) is 0 Å². The molecule has 4 aromatic heterocycles. The molecule has 4 aliphatic rings. The maximum Gasteiger partial charge on any atom is 0.239 e. The van der Waals surface area contributed by atoms with Gasteiger partial charge in [-0.15, -0.1) is 45.3 Å².